The van der Waals surface area contributed by atoms with Crippen molar-refractivity contribution in [3.05, 3.63) is 76.8 Å². The van der Waals surface area contributed by atoms with Gasteiger partial charge in [0.05, 0.1) is 0 Å². The van der Waals surface area contributed by atoms with Crippen molar-refractivity contribution in [2.24, 2.45) is 0 Å². The zero-order valence-corrected chi connectivity index (χ0v) is 17.5. The van der Waals surface area contributed by atoms with Gasteiger partial charge >= 0.3 is 5.97 Å². The lowest BCUT2D eigenvalue weighted by Crippen LogP contribution is -2.14. The minimum Gasteiger partial charge on any atom is -0.506 e. The number of hydrogen-bond acceptors (Lipinski definition) is 5. The highest BCUT2D eigenvalue weighted by atomic mass is 35.5. The molecular weight excluding hydrogens is 434 g/mol. The van der Waals surface area contributed by atoms with E-state index in [0.29, 0.717) is 10.6 Å². The standard InChI is InChI=1S/C20H16ClNO5S2/c1-12-9-17(20(24)25)19(23)18(10-12)29(26,27)22-14-3-2-4-16(11-14)28-15-7-5-13(21)6-8-15/h2-11,22-23H,1H3,(H,24,25). The van der Waals surface area contributed by atoms with E-state index in [-0.39, 0.29) is 5.69 Å². The zero-order valence-electron chi connectivity index (χ0n) is 15.1. The molecule has 0 saturated heterocycles. The number of aromatic carboxylic acids is 1. The lowest BCUT2D eigenvalue weighted by atomic mass is 10.1. The molecule has 0 atom stereocenters. The van der Waals surface area contributed by atoms with E-state index in [1.54, 1.807) is 37.3 Å². The molecule has 3 N–H and O–H groups in total. The number of benzene rings is 3. The van der Waals surface area contributed by atoms with E-state index in [9.17, 15) is 23.4 Å². The number of rotatable bonds is 6. The van der Waals surface area contributed by atoms with E-state index in [1.807, 2.05) is 18.2 Å². The van der Waals surface area contributed by atoms with Gasteiger partial charge in [-0.3, -0.25) is 4.72 Å². The van der Waals surface area contributed by atoms with Gasteiger partial charge in [0.1, 0.15) is 10.5 Å². The van der Waals surface area contributed by atoms with Crippen molar-refractivity contribution in [3.63, 3.8) is 0 Å². The van der Waals surface area contributed by atoms with E-state index >= 15 is 0 Å². The molecule has 0 fully saturated rings. The van der Waals surface area contributed by atoms with Crippen molar-refractivity contribution in [1.82, 2.24) is 0 Å². The lowest BCUT2D eigenvalue weighted by Gasteiger charge is -2.13. The second-order valence-electron chi connectivity index (χ2n) is 6.15. The molecule has 3 rings (SSSR count). The molecule has 0 aliphatic rings. The number of phenols is 1. The highest BCUT2D eigenvalue weighted by Gasteiger charge is 2.24. The maximum Gasteiger partial charge on any atom is 0.339 e. The van der Waals surface area contributed by atoms with Crippen molar-refractivity contribution >= 4 is 45.0 Å². The van der Waals surface area contributed by atoms with Crippen LogP contribution in [0.4, 0.5) is 5.69 Å². The summed E-state index contributed by atoms with van der Waals surface area (Å²) in [5.74, 6) is -2.22. The molecule has 150 valence electrons. The molecule has 9 heteroatoms. The monoisotopic (exact) mass is 449 g/mol. The molecule has 0 amide bonds. The molecule has 6 nitrogen and oxygen atoms in total. The van der Waals surface area contributed by atoms with Crippen LogP contribution < -0.4 is 4.72 Å². The summed E-state index contributed by atoms with van der Waals surface area (Å²) < 4.78 is 27.9. The first-order chi connectivity index (χ1) is 13.7. The van der Waals surface area contributed by atoms with E-state index in [4.69, 9.17) is 11.6 Å². The van der Waals surface area contributed by atoms with Gasteiger partial charge in [-0.2, -0.15) is 0 Å². The van der Waals surface area contributed by atoms with Crippen LogP contribution >= 0.6 is 23.4 Å². The number of carboxylic acid groups (broad SMARTS) is 1. The number of aryl methyl sites for hydroxylation is 1. The highest BCUT2D eigenvalue weighted by molar-refractivity contribution is 7.99. The summed E-state index contributed by atoms with van der Waals surface area (Å²) in [4.78, 5) is 12.5. The Kier molecular flexibility index (Phi) is 6.07. The second kappa shape index (κ2) is 8.36. The first-order valence-electron chi connectivity index (χ1n) is 8.29. The summed E-state index contributed by atoms with van der Waals surface area (Å²) >= 11 is 7.31. The Hall–Kier alpha value is -2.68. The molecule has 3 aromatic rings. The molecule has 29 heavy (non-hydrogen) atoms. The molecule has 0 aromatic heterocycles. The molecular formula is C20H16ClNO5S2. The second-order valence-corrected chi connectivity index (χ2v) is 9.39. The van der Waals surface area contributed by atoms with Crippen LogP contribution in [-0.4, -0.2) is 24.6 Å². The average Bonchev–Trinajstić information content (AvgIpc) is 2.65. The number of nitrogens with one attached hydrogen (secondary N) is 1. The summed E-state index contributed by atoms with van der Waals surface area (Å²) in [5, 5.41) is 20.0. The fraction of sp³-hybridized carbons (Fsp3) is 0.0500. The number of sulfonamides is 1. The Morgan fingerprint density at radius 1 is 1.03 bits per heavy atom. The quantitative estimate of drug-likeness (QED) is 0.489. The van der Waals surface area contributed by atoms with Gasteiger partial charge < -0.3 is 10.2 Å². The number of aromatic hydroxyl groups is 1. The normalized spacial score (nSPS) is 11.2. The summed E-state index contributed by atoms with van der Waals surface area (Å²) in [5.41, 5.74) is 0.201. The summed E-state index contributed by atoms with van der Waals surface area (Å²) in [6.45, 7) is 1.55. The first kappa shape index (κ1) is 21.0. The molecule has 3 aromatic carbocycles. The number of hydrogen-bond donors (Lipinski definition) is 3. The molecule has 0 saturated carbocycles. The predicted octanol–water partition coefficient (Wildman–Crippen LogP) is 5.00. The number of carboxylic acids is 1. The molecule has 0 heterocycles. The first-order valence-corrected chi connectivity index (χ1v) is 11.0. The zero-order chi connectivity index (χ0) is 21.2. The van der Waals surface area contributed by atoms with Gasteiger partial charge in [0.15, 0.2) is 5.75 Å². The van der Waals surface area contributed by atoms with Crippen LogP contribution in [0.15, 0.2) is 75.4 Å². The SMILES string of the molecule is Cc1cc(C(=O)O)c(O)c(S(=O)(=O)Nc2cccc(Sc3ccc(Cl)cc3)c2)c1. The minimum absolute atomic E-state index is 0.279. The van der Waals surface area contributed by atoms with E-state index in [0.717, 1.165) is 9.79 Å². The van der Waals surface area contributed by atoms with E-state index in [2.05, 4.69) is 4.72 Å². The van der Waals surface area contributed by atoms with Crippen LogP contribution in [0.25, 0.3) is 0 Å². The van der Waals surface area contributed by atoms with Gasteiger partial charge in [-0.1, -0.05) is 29.4 Å². The van der Waals surface area contributed by atoms with Gasteiger partial charge in [-0.15, -0.1) is 0 Å². The van der Waals surface area contributed by atoms with E-state index in [1.165, 1.54) is 23.9 Å². The number of halogens is 1. The lowest BCUT2D eigenvalue weighted by molar-refractivity contribution is 0.0693. The number of carbonyl (C=O) groups is 1. The summed E-state index contributed by atoms with van der Waals surface area (Å²) in [6.07, 6.45) is 0. The topological polar surface area (TPSA) is 104 Å². The van der Waals surface area contributed by atoms with Crippen molar-refractivity contribution < 1.29 is 23.4 Å². The van der Waals surface area contributed by atoms with Gasteiger partial charge in [-0.05, 0) is 67.1 Å². The fourth-order valence-electron chi connectivity index (χ4n) is 2.59. The van der Waals surface area contributed by atoms with Crippen LogP contribution in [0.2, 0.25) is 5.02 Å². The summed E-state index contributed by atoms with van der Waals surface area (Å²) in [7, 11) is -4.21. The predicted molar refractivity (Wildman–Crippen MR) is 113 cm³/mol. The number of anilines is 1. The van der Waals surface area contributed by atoms with Crippen LogP contribution in [0.1, 0.15) is 15.9 Å². The van der Waals surface area contributed by atoms with Crippen molar-refractivity contribution in [3.8, 4) is 5.75 Å². The average molecular weight is 450 g/mol. The molecule has 0 aliphatic carbocycles. The Morgan fingerprint density at radius 3 is 2.38 bits per heavy atom. The van der Waals surface area contributed by atoms with Crippen LogP contribution in [0.5, 0.6) is 5.75 Å². The Balaban J connectivity index is 1.90. The third-order valence-electron chi connectivity index (χ3n) is 3.87. The summed E-state index contributed by atoms with van der Waals surface area (Å²) in [6, 6.07) is 16.4. The molecule has 0 spiro atoms. The van der Waals surface area contributed by atoms with Gasteiger partial charge in [0.25, 0.3) is 10.0 Å². The van der Waals surface area contributed by atoms with Gasteiger partial charge in [0.2, 0.25) is 0 Å². The van der Waals surface area contributed by atoms with Gasteiger partial charge in [0, 0.05) is 20.5 Å². The van der Waals surface area contributed by atoms with Gasteiger partial charge in [-0.25, -0.2) is 13.2 Å². The third kappa shape index (κ3) is 5.03. The Bertz CT molecular complexity index is 1180. The maximum absolute atomic E-state index is 12.8. The highest BCUT2D eigenvalue weighted by Crippen LogP contribution is 2.33. The smallest absolute Gasteiger partial charge is 0.339 e. The third-order valence-corrected chi connectivity index (χ3v) is 6.52. The fourth-order valence-corrected chi connectivity index (χ4v) is 4.84. The van der Waals surface area contributed by atoms with Crippen LogP contribution in [0, 0.1) is 6.92 Å². The van der Waals surface area contributed by atoms with Crippen LogP contribution in [-0.2, 0) is 10.0 Å². The van der Waals surface area contributed by atoms with E-state index < -0.39 is 32.2 Å². The molecule has 0 aliphatic heterocycles. The molecule has 0 radical (unpaired) electrons. The van der Waals surface area contributed by atoms with Crippen molar-refractivity contribution in [1.29, 1.82) is 0 Å². The van der Waals surface area contributed by atoms with Crippen LogP contribution in [0.3, 0.4) is 0 Å². The molecule has 0 bridgehead atoms. The molecule has 0 unspecified atom stereocenters. The maximum atomic E-state index is 12.8. The Labute approximate surface area is 177 Å². The van der Waals surface area contributed by atoms with Crippen molar-refractivity contribution in [2.45, 2.75) is 21.6 Å². The Morgan fingerprint density at radius 2 is 1.72 bits per heavy atom. The van der Waals surface area contributed by atoms with Crippen molar-refractivity contribution in [2.75, 3.05) is 4.72 Å². The largest absolute Gasteiger partial charge is 0.506 e. The minimum atomic E-state index is -4.21.